The van der Waals surface area contributed by atoms with Crippen molar-refractivity contribution in [3.05, 3.63) is 65.2 Å². The largest absolute Gasteiger partial charge is 0.462 e. The van der Waals surface area contributed by atoms with Crippen LogP contribution in [-0.4, -0.2) is 43.5 Å². The summed E-state index contributed by atoms with van der Waals surface area (Å²) in [6, 6.07) is 11.7. The van der Waals surface area contributed by atoms with E-state index in [0.29, 0.717) is 48.2 Å². The second-order valence-corrected chi connectivity index (χ2v) is 9.15. The van der Waals surface area contributed by atoms with E-state index in [-0.39, 0.29) is 18.6 Å². The molecule has 1 atom stereocenters. The Balaban J connectivity index is 1.41. The minimum atomic E-state index is -4.35. The summed E-state index contributed by atoms with van der Waals surface area (Å²) in [7, 11) is 0. The van der Waals surface area contributed by atoms with Crippen LogP contribution >= 0.6 is 0 Å². The van der Waals surface area contributed by atoms with Crippen LogP contribution in [-0.2, 0) is 19.0 Å². The lowest BCUT2D eigenvalue weighted by atomic mass is 9.95. The Kier molecular flexibility index (Phi) is 9.57. The van der Waals surface area contributed by atoms with Gasteiger partial charge in [-0.2, -0.15) is 13.2 Å². The smallest absolute Gasteiger partial charge is 0.411 e. The summed E-state index contributed by atoms with van der Waals surface area (Å²) in [5.41, 5.74) is 14.6. The topological polar surface area (TPSA) is 114 Å². The quantitative estimate of drug-likeness (QED) is 0.263. The van der Waals surface area contributed by atoms with E-state index in [0.717, 1.165) is 5.56 Å². The number of nitrogens with two attached hydrogens (primary N) is 2. The molecule has 2 aromatic carbocycles. The molecule has 1 aliphatic rings. The summed E-state index contributed by atoms with van der Waals surface area (Å²) in [4.78, 5) is 24.5. The lowest BCUT2D eigenvalue weighted by Crippen LogP contribution is -2.30. The molecule has 37 heavy (non-hydrogen) atoms. The molecule has 3 rings (SSSR count). The van der Waals surface area contributed by atoms with Gasteiger partial charge in [0.2, 0.25) is 0 Å². The van der Waals surface area contributed by atoms with Gasteiger partial charge in [0, 0.05) is 23.4 Å². The van der Waals surface area contributed by atoms with Gasteiger partial charge >= 0.3 is 18.1 Å². The molecule has 0 aliphatic heterocycles. The molecular formula is C27H31F3N2O5. The third-order valence-corrected chi connectivity index (χ3v) is 5.98. The predicted octanol–water partition coefficient (Wildman–Crippen LogP) is 5.26. The minimum absolute atomic E-state index is 0.0871. The number of rotatable bonds is 9. The predicted molar refractivity (Wildman–Crippen MR) is 134 cm³/mol. The van der Waals surface area contributed by atoms with E-state index in [1.807, 2.05) is 6.92 Å². The molecule has 2 aromatic rings. The van der Waals surface area contributed by atoms with Crippen LogP contribution in [0.15, 0.2) is 48.5 Å². The Morgan fingerprint density at radius 2 is 1.59 bits per heavy atom. The molecule has 0 aromatic heterocycles. The zero-order chi connectivity index (χ0) is 27.0. The third kappa shape index (κ3) is 9.45. The van der Waals surface area contributed by atoms with Crippen molar-refractivity contribution < 1.29 is 37.0 Å². The van der Waals surface area contributed by atoms with Gasteiger partial charge in [0.05, 0.1) is 18.3 Å². The molecule has 1 unspecified atom stereocenters. The van der Waals surface area contributed by atoms with Crippen LogP contribution in [0.25, 0.3) is 6.08 Å². The summed E-state index contributed by atoms with van der Waals surface area (Å²) in [6.07, 6.45) is -0.624. The van der Waals surface area contributed by atoms with Gasteiger partial charge in [0.25, 0.3) is 0 Å². The molecule has 0 saturated heterocycles. The Labute approximate surface area is 213 Å². The van der Waals surface area contributed by atoms with Crippen molar-refractivity contribution in [1.82, 2.24) is 0 Å². The second kappa shape index (κ2) is 12.6. The highest BCUT2D eigenvalue weighted by Gasteiger charge is 2.31. The number of ether oxygens (including phenoxy) is 3. The van der Waals surface area contributed by atoms with Crippen LogP contribution in [0, 0.1) is 0 Å². The Morgan fingerprint density at radius 1 is 1.00 bits per heavy atom. The van der Waals surface area contributed by atoms with Gasteiger partial charge < -0.3 is 25.7 Å². The van der Waals surface area contributed by atoms with Crippen molar-refractivity contribution in [2.45, 2.75) is 56.9 Å². The molecule has 1 aliphatic carbocycles. The van der Waals surface area contributed by atoms with Gasteiger partial charge in [-0.15, -0.1) is 0 Å². The fourth-order valence-corrected chi connectivity index (χ4v) is 3.98. The molecule has 7 nitrogen and oxygen atoms in total. The first-order valence-corrected chi connectivity index (χ1v) is 12.0. The van der Waals surface area contributed by atoms with Crippen molar-refractivity contribution in [1.29, 1.82) is 0 Å². The lowest BCUT2D eigenvalue weighted by Gasteiger charge is -2.28. The summed E-state index contributed by atoms with van der Waals surface area (Å²) in [6.45, 7) is 0.794. The maximum atomic E-state index is 12.4. The molecule has 4 N–H and O–H groups in total. The zero-order valence-electron chi connectivity index (χ0n) is 20.5. The molecule has 200 valence electrons. The van der Waals surface area contributed by atoms with E-state index in [1.165, 1.54) is 6.08 Å². The minimum Gasteiger partial charge on any atom is -0.462 e. The van der Waals surface area contributed by atoms with E-state index >= 15 is 0 Å². The molecule has 1 fully saturated rings. The Hall–Kier alpha value is -3.53. The highest BCUT2D eigenvalue weighted by atomic mass is 19.4. The molecule has 0 spiro atoms. The van der Waals surface area contributed by atoms with E-state index in [4.69, 9.17) is 25.7 Å². The number of nitrogen functional groups attached to an aromatic ring is 2. The monoisotopic (exact) mass is 520 g/mol. The zero-order valence-corrected chi connectivity index (χ0v) is 20.5. The van der Waals surface area contributed by atoms with Crippen molar-refractivity contribution in [2.24, 2.45) is 0 Å². The molecule has 0 bridgehead atoms. The van der Waals surface area contributed by atoms with Crippen LogP contribution in [0.3, 0.4) is 0 Å². The number of hydrogen-bond acceptors (Lipinski definition) is 7. The van der Waals surface area contributed by atoms with Gasteiger partial charge in [-0.25, -0.2) is 9.59 Å². The van der Waals surface area contributed by atoms with Gasteiger partial charge in [-0.1, -0.05) is 19.1 Å². The molecule has 0 radical (unpaired) electrons. The molecule has 1 saturated carbocycles. The number of halogens is 3. The van der Waals surface area contributed by atoms with E-state index in [9.17, 15) is 22.8 Å². The number of alkyl halides is 3. The van der Waals surface area contributed by atoms with Crippen LogP contribution in [0.4, 0.5) is 24.5 Å². The first-order valence-electron chi connectivity index (χ1n) is 12.0. The number of carbonyl (C=O) groups is 2. The number of hydrogen-bond donors (Lipinski definition) is 2. The third-order valence-electron chi connectivity index (χ3n) is 5.98. The normalized spacial score (nSPS) is 18.9. The number of benzene rings is 2. The fourth-order valence-electron chi connectivity index (χ4n) is 3.98. The second-order valence-electron chi connectivity index (χ2n) is 9.15. The fraction of sp³-hybridized carbons (Fsp3) is 0.407. The van der Waals surface area contributed by atoms with Crippen LogP contribution in [0.2, 0.25) is 0 Å². The van der Waals surface area contributed by atoms with Crippen LogP contribution in [0.1, 0.15) is 60.0 Å². The maximum Gasteiger partial charge on any atom is 0.411 e. The van der Waals surface area contributed by atoms with Gasteiger partial charge in [0.15, 0.2) is 0 Å². The number of esters is 2. The Bertz CT molecular complexity index is 1070. The summed E-state index contributed by atoms with van der Waals surface area (Å²) < 4.78 is 52.5. The first-order chi connectivity index (χ1) is 17.5. The molecule has 0 amide bonds. The number of carbonyl (C=O) groups excluding carboxylic acids is 2. The maximum absolute atomic E-state index is 12.4. The van der Waals surface area contributed by atoms with Gasteiger partial charge in [0.1, 0.15) is 12.7 Å². The SMILES string of the molecule is CC(COC(=O)C=Cc1ccc(C(=O)OC2CCC(OCC(F)(F)F)CC2)cc1)c1cc(N)cc(N)c1. The van der Waals surface area contributed by atoms with Gasteiger partial charge in [-0.05, 0) is 73.2 Å². The van der Waals surface area contributed by atoms with Crippen molar-refractivity contribution in [2.75, 3.05) is 24.7 Å². The van der Waals surface area contributed by atoms with E-state index in [1.54, 1.807) is 48.5 Å². The van der Waals surface area contributed by atoms with Crippen LogP contribution < -0.4 is 11.5 Å². The van der Waals surface area contributed by atoms with Crippen LogP contribution in [0.5, 0.6) is 0 Å². The molecule has 10 heteroatoms. The Morgan fingerprint density at radius 3 is 2.19 bits per heavy atom. The summed E-state index contributed by atoms with van der Waals surface area (Å²) in [5.74, 6) is -1.11. The summed E-state index contributed by atoms with van der Waals surface area (Å²) in [5, 5.41) is 0. The highest BCUT2D eigenvalue weighted by molar-refractivity contribution is 5.90. The number of anilines is 2. The average molecular weight is 521 g/mol. The average Bonchev–Trinajstić information content (AvgIpc) is 2.84. The standard InChI is InChI=1S/C27H31F3N2O5/c1-17(20-12-21(31)14-22(32)13-20)15-35-25(33)11-4-18-2-5-19(6-3-18)26(34)37-24-9-7-23(8-10-24)36-16-27(28,29)30/h2-6,11-14,17,23-24H,7-10,15-16,31-32H2,1H3. The van der Waals surface area contributed by atoms with Crippen molar-refractivity contribution in [3.63, 3.8) is 0 Å². The summed E-state index contributed by atoms with van der Waals surface area (Å²) >= 11 is 0. The highest BCUT2D eigenvalue weighted by Crippen LogP contribution is 2.26. The van der Waals surface area contributed by atoms with Crippen molar-refractivity contribution in [3.8, 4) is 0 Å². The molecular weight excluding hydrogens is 489 g/mol. The van der Waals surface area contributed by atoms with Crippen molar-refractivity contribution >= 4 is 29.4 Å². The molecule has 0 heterocycles. The lowest BCUT2D eigenvalue weighted by molar-refractivity contribution is -0.189. The van der Waals surface area contributed by atoms with E-state index < -0.39 is 30.8 Å². The van der Waals surface area contributed by atoms with Gasteiger partial charge in [-0.3, -0.25) is 0 Å². The first kappa shape index (κ1) is 28.0. The van der Waals surface area contributed by atoms with E-state index in [2.05, 4.69) is 0 Å².